The number of nitrogens with zero attached hydrogens (tertiary/aromatic N) is 1. The van der Waals surface area contributed by atoms with Gasteiger partial charge in [0.05, 0.1) is 18.2 Å². The van der Waals surface area contributed by atoms with Gasteiger partial charge in [-0.05, 0) is 32.0 Å². The van der Waals surface area contributed by atoms with Gasteiger partial charge in [0.1, 0.15) is 0 Å². The number of rotatable bonds is 3. The van der Waals surface area contributed by atoms with E-state index in [1.54, 1.807) is 0 Å². The Morgan fingerprint density at radius 3 is 3.19 bits per heavy atom. The van der Waals surface area contributed by atoms with Crippen LogP contribution in [0.25, 0.3) is 0 Å². The molecule has 1 aliphatic heterocycles. The lowest BCUT2D eigenvalue weighted by atomic mass is 10.1. The van der Waals surface area contributed by atoms with Crippen LogP contribution in [0.15, 0.2) is 18.2 Å². The van der Waals surface area contributed by atoms with Gasteiger partial charge >= 0.3 is 0 Å². The zero-order valence-corrected chi connectivity index (χ0v) is 9.49. The average molecular weight is 219 g/mol. The van der Waals surface area contributed by atoms with Gasteiger partial charge in [-0.15, -0.1) is 0 Å². The van der Waals surface area contributed by atoms with Crippen molar-refractivity contribution >= 4 is 5.91 Å². The maximum absolute atomic E-state index is 11.7. The SMILES string of the molecule is Cc1cccc(CNC(=O)[C@H]2CCNC2)n1. The summed E-state index contributed by atoms with van der Waals surface area (Å²) in [4.78, 5) is 16.1. The third-order valence-electron chi connectivity index (χ3n) is 2.82. The van der Waals surface area contributed by atoms with Gasteiger partial charge in [-0.25, -0.2) is 0 Å². The van der Waals surface area contributed by atoms with Crippen LogP contribution in [0.1, 0.15) is 17.8 Å². The topological polar surface area (TPSA) is 54.0 Å². The van der Waals surface area contributed by atoms with E-state index in [2.05, 4.69) is 15.6 Å². The molecule has 4 nitrogen and oxygen atoms in total. The predicted octanol–water partition coefficient (Wildman–Crippen LogP) is 0.616. The van der Waals surface area contributed by atoms with E-state index in [9.17, 15) is 4.79 Å². The highest BCUT2D eigenvalue weighted by Crippen LogP contribution is 2.07. The molecule has 1 aromatic heterocycles. The monoisotopic (exact) mass is 219 g/mol. The number of hydrogen-bond donors (Lipinski definition) is 2. The first-order chi connectivity index (χ1) is 7.75. The zero-order valence-electron chi connectivity index (χ0n) is 9.49. The Kier molecular flexibility index (Phi) is 3.51. The lowest BCUT2D eigenvalue weighted by Gasteiger charge is -2.09. The Morgan fingerprint density at radius 1 is 1.62 bits per heavy atom. The summed E-state index contributed by atoms with van der Waals surface area (Å²) >= 11 is 0. The molecule has 16 heavy (non-hydrogen) atoms. The summed E-state index contributed by atoms with van der Waals surface area (Å²) in [5, 5.41) is 6.11. The number of carbonyl (C=O) groups excluding carboxylic acids is 1. The van der Waals surface area contributed by atoms with E-state index < -0.39 is 0 Å². The highest BCUT2D eigenvalue weighted by Gasteiger charge is 2.21. The van der Waals surface area contributed by atoms with Crippen molar-refractivity contribution in [3.8, 4) is 0 Å². The Morgan fingerprint density at radius 2 is 2.50 bits per heavy atom. The molecule has 0 radical (unpaired) electrons. The third kappa shape index (κ3) is 2.79. The number of aryl methyl sites for hydroxylation is 1. The summed E-state index contributed by atoms with van der Waals surface area (Å²) < 4.78 is 0. The molecule has 1 aliphatic rings. The van der Waals surface area contributed by atoms with Gasteiger partial charge in [0.25, 0.3) is 0 Å². The van der Waals surface area contributed by atoms with Gasteiger partial charge in [-0.1, -0.05) is 6.07 Å². The fraction of sp³-hybridized carbons (Fsp3) is 0.500. The van der Waals surface area contributed by atoms with Crippen molar-refractivity contribution in [2.24, 2.45) is 5.92 Å². The summed E-state index contributed by atoms with van der Waals surface area (Å²) in [7, 11) is 0. The molecule has 1 atom stereocenters. The Bertz CT molecular complexity index is 372. The van der Waals surface area contributed by atoms with E-state index in [-0.39, 0.29) is 11.8 Å². The second-order valence-corrected chi connectivity index (χ2v) is 4.18. The number of aromatic nitrogens is 1. The lowest BCUT2D eigenvalue weighted by Crippen LogP contribution is -2.31. The fourth-order valence-electron chi connectivity index (χ4n) is 1.90. The molecule has 1 saturated heterocycles. The Hall–Kier alpha value is -1.42. The molecule has 4 heteroatoms. The van der Waals surface area contributed by atoms with Gasteiger partial charge in [0.15, 0.2) is 0 Å². The molecule has 1 fully saturated rings. The molecule has 1 amide bonds. The van der Waals surface area contributed by atoms with Crippen LogP contribution in [0.3, 0.4) is 0 Å². The highest BCUT2D eigenvalue weighted by atomic mass is 16.1. The first kappa shape index (κ1) is 11.1. The van der Waals surface area contributed by atoms with Crippen LogP contribution in [-0.4, -0.2) is 24.0 Å². The van der Waals surface area contributed by atoms with Crippen molar-refractivity contribution in [1.82, 2.24) is 15.6 Å². The molecule has 0 bridgehead atoms. The second kappa shape index (κ2) is 5.07. The molecule has 2 rings (SSSR count). The Balaban J connectivity index is 1.84. The maximum Gasteiger partial charge on any atom is 0.224 e. The van der Waals surface area contributed by atoms with E-state index in [1.165, 1.54) is 0 Å². The number of carbonyl (C=O) groups is 1. The minimum atomic E-state index is 0.129. The Labute approximate surface area is 95.5 Å². The predicted molar refractivity (Wildman–Crippen MR) is 61.8 cm³/mol. The summed E-state index contributed by atoms with van der Waals surface area (Å²) in [5.41, 5.74) is 1.90. The molecule has 0 aliphatic carbocycles. The van der Waals surface area contributed by atoms with Gasteiger partial charge in [0, 0.05) is 12.2 Å². The lowest BCUT2D eigenvalue weighted by molar-refractivity contribution is -0.124. The van der Waals surface area contributed by atoms with Crippen molar-refractivity contribution in [2.75, 3.05) is 13.1 Å². The first-order valence-electron chi connectivity index (χ1n) is 5.66. The van der Waals surface area contributed by atoms with E-state index in [1.807, 2.05) is 25.1 Å². The van der Waals surface area contributed by atoms with E-state index in [0.717, 1.165) is 30.9 Å². The molecule has 0 saturated carbocycles. The van der Waals surface area contributed by atoms with Crippen LogP contribution in [0.4, 0.5) is 0 Å². The van der Waals surface area contributed by atoms with Crippen molar-refractivity contribution in [3.63, 3.8) is 0 Å². The maximum atomic E-state index is 11.7. The van der Waals surface area contributed by atoms with Crippen LogP contribution in [0.2, 0.25) is 0 Å². The van der Waals surface area contributed by atoms with E-state index in [0.29, 0.717) is 6.54 Å². The number of amides is 1. The van der Waals surface area contributed by atoms with Gasteiger partial charge in [-0.2, -0.15) is 0 Å². The smallest absolute Gasteiger partial charge is 0.224 e. The highest BCUT2D eigenvalue weighted by molar-refractivity contribution is 5.79. The minimum absolute atomic E-state index is 0.129. The standard InChI is InChI=1S/C12H17N3O/c1-9-3-2-4-11(15-9)8-14-12(16)10-5-6-13-7-10/h2-4,10,13H,5-8H2,1H3,(H,14,16)/t10-/m0/s1. The largest absolute Gasteiger partial charge is 0.350 e. The van der Waals surface area contributed by atoms with Crippen molar-refractivity contribution in [1.29, 1.82) is 0 Å². The van der Waals surface area contributed by atoms with Gasteiger partial charge in [-0.3, -0.25) is 9.78 Å². The van der Waals surface area contributed by atoms with Crippen molar-refractivity contribution in [3.05, 3.63) is 29.6 Å². The van der Waals surface area contributed by atoms with Crippen LogP contribution >= 0.6 is 0 Å². The van der Waals surface area contributed by atoms with E-state index >= 15 is 0 Å². The number of pyridine rings is 1. The van der Waals surface area contributed by atoms with Crippen molar-refractivity contribution in [2.45, 2.75) is 19.9 Å². The fourth-order valence-corrected chi connectivity index (χ4v) is 1.90. The summed E-state index contributed by atoms with van der Waals surface area (Å²) in [6.45, 7) is 4.22. The molecule has 86 valence electrons. The van der Waals surface area contributed by atoms with Gasteiger partial charge in [0.2, 0.25) is 5.91 Å². The van der Waals surface area contributed by atoms with Crippen LogP contribution < -0.4 is 10.6 Å². The normalized spacial score (nSPS) is 19.7. The zero-order chi connectivity index (χ0) is 11.4. The average Bonchev–Trinajstić information content (AvgIpc) is 2.79. The number of hydrogen-bond acceptors (Lipinski definition) is 3. The molecule has 0 aromatic carbocycles. The van der Waals surface area contributed by atoms with Gasteiger partial charge < -0.3 is 10.6 Å². The van der Waals surface area contributed by atoms with Crippen LogP contribution in [0.5, 0.6) is 0 Å². The first-order valence-corrected chi connectivity index (χ1v) is 5.66. The minimum Gasteiger partial charge on any atom is -0.350 e. The molecule has 0 unspecified atom stereocenters. The van der Waals surface area contributed by atoms with E-state index in [4.69, 9.17) is 0 Å². The molecular weight excluding hydrogens is 202 g/mol. The van der Waals surface area contributed by atoms with Crippen LogP contribution in [0, 0.1) is 12.8 Å². The molecule has 0 spiro atoms. The third-order valence-corrected chi connectivity index (χ3v) is 2.82. The van der Waals surface area contributed by atoms with Crippen LogP contribution in [-0.2, 0) is 11.3 Å². The summed E-state index contributed by atoms with van der Waals surface area (Å²) in [6.07, 6.45) is 0.938. The summed E-state index contributed by atoms with van der Waals surface area (Å²) in [5.74, 6) is 0.262. The van der Waals surface area contributed by atoms with Crippen molar-refractivity contribution < 1.29 is 4.79 Å². The summed E-state index contributed by atoms with van der Waals surface area (Å²) in [6, 6.07) is 5.84. The molecular formula is C12H17N3O. The molecule has 1 aromatic rings. The number of nitrogens with one attached hydrogen (secondary N) is 2. The second-order valence-electron chi connectivity index (χ2n) is 4.18. The molecule has 2 heterocycles. The quantitative estimate of drug-likeness (QED) is 0.783. The molecule has 2 N–H and O–H groups in total.